The Morgan fingerprint density at radius 2 is 2.00 bits per heavy atom. The molecule has 0 radical (unpaired) electrons. The maximum absolute atomic E-state index is 10.4. The highest BCUT2D eigenvalue weighted by molar-refractivity contribution is 5.16. The lowest BCUT2D eigenvalue weighted by Gasteiger charge is -2.27. The lowest BCUT2D eigenvalue weighted by Crippen LogP contribution is -2.28. The number of benzene rings is 1. The Balaban J connectivity index is 1.72. The second kappa shape index (κ2) is 9.91. The molecule has 3 heteroatoms. The molecule has 1 aliphatic carbocycles. The monoisotopic (exact) mass is 344 g/mol. The van der Waals surface area contributed by atoms with Gasteiger partial charge in [-0.1, -0.05) is 55.5 Å². The van der Waals surface area contributed by atoms with Gasteiger partial charge in [0.05, 0.1) is 25.4 Å². The number of hydrogen-bond acceptors (Lipinski definition) is 3. The maximum atomic E-state index is 10.4. The van der Waals surface area contributed by atoms with Gasteiger partial charge >= 0.3 is 0 Å². The number of aliphatic hydroxyl groups excluding tert-OH is 2. The predicted octanol–water partition coefficient (Wildman–Crippen LogP) is 4.25. The van der Waals surface area contributed by atoms with Gasteiger partial charge in [0.25, 0.3) is 0 Å². The molecular weight excluding hydrogens is 312 g/mol. The maximum Gasteiger partial charge on any atom is 0.0774 e. The van der Waals surface area contributed by atoms with E-state index in [1.807, 2.05) is 37.3 Å². The number of rotatable bonds is 9. The van der Waals surface area contributed by atoms with Crippen LogP contribution in [0.25, 0.3) is 0 Å². The minimum absolute atomic E-state index is 0.00859. The van der Waals surface area contributed by atoms with Crippen LogP contribution in [0.4, 0.5) is 0 Å². The van der Waals surface area contributed by atoms with Gasteiger partial charge in [-0.3, -0.25) is 0 Å². The van der Waals surface area contributed by atoms with Crippen LogP contribution in [-0.4, -0.2) is 29.0 Å². The second-order valence-corrected chi connectivity index (χ2v) is 7.39. The molecule has 2 N–H and O–H groups in total. The second-order valence-electron chi connectivity index (χ2n) is 7.39. The molecule has 1 aromatic rings. The van der Waals surface area contributed by atoms with Crippen LogP contribution in [0.2, 0.25) is 0 Å². The fourth-order valence-corrected chi connectivity index (χ4v) is 3.27. The van der Waals surface area contributed by atoms with Gasteiger partial charge in [-0.05, 0) is 43.2 Å². The molecule has 0 bridgehead atoms. The van der Waals surface area contributed by atoms with Crippen molar-refractivity contribution < 1.29 is 14.9 Å². The normalized spacial score (nSPS) is 21.3. The summed E-state index contributed by atoms with van der Waals surface area (Å²) >= 11 is 0. The van der Waals surface area contributed by atoms with E-state index in [-0.39, 0.29) is 5.92 Å². The van der Waals surface area contributed by atoms with Crippen LogP contribution in [-0.2, 0) is 11.3 Å². The Hall–Kier alpha value is -1.42. The quantitative estimate of drug-likeness (QED) is 0.658. The van der Waals surface area contributed by atoms with Gasteiger partial charge in [-0.15, -0.1) is 0 Å². The zero-order valence-electron chi connectivity index (χ0n) is 15.5. The first-order valence-corrected chi connectivity index (χ1v) is 9.29. The Morgan fingerprint density at radius 3 is 2.60 bits per heavy atom. The molecule has 0 unspecified atom stereocenters. The summed E-state index contributed by atoms with van der Waals surface area (Å²) in [5.74, 6) is 0.525. The van der Waals surface area contributed by atoms with Crippen molar-refractivity contribution in [3.05, 3.63) is 59.7 Å². The third-order valence-corrected chi connectivity index (χ3v) is 5.18. The summed E-state index contributed by atoms with van der Waals surface area (Å²) < 4.78 is 5.70. The number of ether oxygens (including phenoxy) is 1. The standard InChI is InChI=1S/C22H32O3/c1-16(2)19-9-11-20(12-10-19)22(24)13-21(23)17(3)14-25-15-18-7-5-4-6-8-18/h4-8,11,17,19,21-24H,1,9-10,12-15H2,2-3H3/t17-,19-,21+,22+/m1/s1. The molecular formula is C22H32O3. The SMILES string of the molecule is C=C(C)[C@@H]1CC=C([C@@H](O)C[C@H](O)[C@H](C)COCc2ccccc2)CC1. The number of aliphatic hydroxyl groups is 2. The Bertz CT molecular complexity index is 564. The minimum atomic E-state index is -0.564. The van der Waals surface area contributed by atoms with E-state index in [1.54, 1.807) is 0 Å². The Labute approximate surface area is 152 Å². The fourth-order valence-electron chi connectivity index (χ4n) is 3.27. The van der Waals surface area contributed by atoms with Crippen LogP contribution in [0.1, 0.15) is 45.1 Å². The summed E-state index contributed by atoms with van der Waals surface area (Å²) in [5.41, 5.74) is 3.41. The van der Waals surface area contributed by atoms with Crippen LogP contribution in [0.5, 0.6) is 0 Å². The Kier molecular flexibility index (Phi) is 7.89. The number of allylic oxidation sites excluding steroid dienone is 2. The van der Waals surface area contributed by atoms with Crippen molar-refractivity contribution in [2.45, 2.75) is 58.3 Å². The smallest absolute Gasteiger partial charge is 0.0774 e. The van der Waals surface area contributed by atoms with E-state index in [9.17, 15) is 10.2 Å². The van der Waals surface area contributed by atoms with Gasteiger partial charge in [0.1, 0.15) is 0 Å². The van der Waals surface area contributed by atoms with Crippen LogP contribution < -0.4 is 0 Å². The number of hydrogen-bond donors (Lipinski definition) is 2. The summed E-state index contributed by atoms with van der Waals surface area (Å²) in [7, 11) is 0. The summed E-state index contributed by atoms with van der Waals surface area (Å²) in [6.45, 7) is 9.10. The first-order chi connectivity index (χ1) is 12.0. The Morgan fingerprint density at radius 1 is 1.28 bits per heavy atom. The van der Waals surface area contributed by atoms with Gasteiger partial charge in [0, 0.05) is 12.3 Å². The minimum Gasteiger partial charge on any atom is -0.393 e. The van der Waals surface area contributed by atoms with Gasteiger partial charge in [-0.25, -0.2) is 0 Å². The van der Waals surface area contributed by atoms with Crippen molar-refractivity contribution in [2.75, 3.05) is 6.61 Å². The summed E-state index contributed by atoms with van der Waals surface area (Å²) in [6, 6.07) is 10.0. The van der Waals surface area contributed by atoms with Gasteiger partial charge in [0.2, 0.25) is 0 Å². The van der Waals surface area contributed by atoms with E-state index in [0.29, 0.717) is 25.6 Å². The van der Waals surface area contributed by atoms with E-state index in [4.69, 9.17) is 4.74 Å². The van der Waals surface area contributed by atoms with Crippen molar-refractivity contribution in [3.8, 4) is 0 Å². The highest BCUT2D eigenvalue weighted by Gasteiger charge is 2.24. The molecule has 2 rings (SSSR count). The third kappa shape index (κ3) is 6.43. The van der Waals surface area contributed by atoms with Crippen molar-refractivity contribution in [1.29, 1.82) is 0 Å². The molecule has 138 valence electrons. The fraction of sp³-hybridized carbons (Fsp3) is 0.545. The van der Waals surface area contributed by atoms with Crippen molar-refractivity contribution in [1.82, 2.24) is 0 Å². The zero-order chi connectivity index (χ0) is 18.2. The molecule has 0 aliphatic heterocycles. The third-order valence-electron chi connectivity index (χ3n) is 5.18. The highest BCUT2D eigenvalue weighted by atomic mass is 16.5. The summed E-state index contributed by atoms with van der Waals surface area (Å²) in [4.78, 5) is 0. The predicted molar refractivity (Wildman–Crippen MR) is 102 cm³/mol. The topological polar surface area (TPSA) is 49.7 Å². The lowest BCUT2D eigenvalue weighted by atomic mass is 9.82. The summed E-state index contributed by atoms with van der Waals surface area (Å²) in [5, 5.41) is 20.8. The van der Waals surface area contributed by atoms with Crippen LogP contribution in [0.3, 0.4) is 0 Å². The molecule has 1 aromatic carbocycles. The van der Waals surface area contributed by atoms with Crippen LogP contribution in [0.15, 0.2) is 54.1 Å². The molecule has 0 heterocycles. The molecule has 0 saturated carbocycles. The zero-order valence-corrected chi connectivity index (χ0v) is 15.5. The molecule has 4 atom stereocenters. The molecule has 0 fully saturated rings. The largest absolute Gasteiger partial charge is 0.393 e. The van der Waals surface area contributed by atoms with Crippen molar-refractivity contribution in [2.24, 2.45) is 11.8 Å². The molecule has 3 nitrogen and oxygen atoms in total. The van der Waals surface area contributed by atoms with Crippen LogP contribution >= 0.6 is 0 Å². The van der Waals surface area contributed by atoms with Gasteiger partial charge in [0.15, 0.2) is 0 Å². The van der Waals surface area contributed by atoms with E-state index in [2.05, 4.69) is 19.6 Å². The highest BCUT2D eigenvalue weighted by Crippen LogP contribution is 2.31. The van der Waals surface area contributed by atoms with Crippen molar-refractivity contribution in [3.63, 3.8) is 0 Å². The van der Waals surface area contributed by atoms with Gasteiger partial charge < -0.3 is 14.9 Å². The first kappa shape index (κ1) is 19.9. The average Bonchev–Trinajstić information content (AvgIpc) is 2.62. The molecule has 0 saturated heterocycles. The van der Waals surface area contributed by atoms with Crippen LogP contribution in [0, 0.1) is 11.8 Å². The molecule has 0 spiro atoms. The molecule has 0 aromatic heterocycles. The average molecular weight is 344 g/mol. The van der Waals surface area contributed by atoms with Gasteiger partial charge in [-0.2, -0.15) is 0 Å². The molecule has 0 amide bonds. The summed E-state index contributed by atoms with van der Waals surface area (Å²) in [6.07, 6.45) is 4.28. The molecule has 1 aliphatic rings. The van der Waals surface area contributed by atoms with E-state index >= 15 is 0 Å². The van der Waals surface area contributed by atoms with E-state index in [1.165, 1.54) is 5.57 Å². The van der Waals surface area contributed by atoms with E-state index < -0.39 is 12.2 Å². The lowest BCUT2D eigenvalue weighted by molar-refractivity contribution is 0.00790. The molecule has 25 heavy (non-hydrogen) atoms. The van der Waals surface area contributed by atoms with E-state index in [0.717, 1.165) is 30.4 Å². The first-order valence-electron chi connectivity index (χ1n) is 9.29. The van der Waals surface area contributed by atoms with Crippen molar-refractivity contribution >= 4 is 0 Å².